The molecule has 0 unspecified atom stereocenters. The Morgan fingerprint density at radius 3 is 1.64 bits per heavy atom. The molecule has 4 N–H and O–H groups in total. The molecule has 0 saturated carbocycles. The van der Waals surface area contributed by atoms with Crippen LogP contribution in [0.25, 0.3) is 0 Å². The summed E-state index contributed by atoms with van der Waals surface area (Å²) in [5.74, 6) is 0. The average molecular weight is 200 g/mol. The van der Waals surface area contributed by atoms with Gasteiger partial charge in [0, 0.05) is 5.41 Å². The van der Waals surface area contributed by atoms with Crippen LogP contribution < -0.4 is 11.5 Å². The van der Waals surface area contributed by atoms with Gasteiger partial charge in [0.15, 0.2) is 0 Å². The molecule has 0 bridgehead atoms. The quantitative estimate of drug-likeness (QED) is 0.621. The predicted octanol–water partition coefficient (Wildman–Crippen LogP) is 3.01. The van der Waals surface area contributed by atoms with Gasteiger partial charge in [-0.15, -0.1) is 0 Å². The predicted molar refractivity (Wildman–Crippen MR) is 63.9 cm³/mol. The summed E-state index contributed by atoms with van der Waals surface area (Å²) in [6.45, 7) is 8.73. The molecule has 0 aliphatic rings. The lowest BCUT2D eigenvalue weighted by molar-refractivity contribution is 0.0893. The first kappa shape index (κ1) is 13.9. The second-order valence-corrected chi connectivity index (χ2v) is 4.48. The normalized spacial score (nSPS) is 13.3. The Morgan fingerprint density at radius 1 is 0.857 bits per heavy atom. The van der Waals surface area contributed by atoms with Crippen LogP contribution in [0.1, 0.15) is 66.2 Å². The highest BCUT2D eigenvalue weighted by Gasteiger charge is 2.41. The lowest BCUT2D eigenvalue weighted by Gasteiger charge is -2.45. The van der Waals surface area contributed by atoms with Crippen molar-refractivity contribution in [2.75, 3.05) is 0 Å². The third-order valence-electron chi connectivity index (χ3n) is 3.93. The number of unbranched alkanes of at least 4 members (excludes halogenated alkanes) is 1. The highest BCUT2D eigenvalue weighted by Crippen LogP contribution is 2.40. The first-order valence-corrected chi connectivity index (χ1v) is 6.07. The molecule has 0 rings (SSSR count). The van der Waals surface area contributed by atoms with Crippen LogP contribution in [0, 0.1) is 5.41 Å². The molecule has 0 aromatic rings. The van der Waals surface area contributed by atoms with E-state index < -0.39 is 5.66 Å². The summed E-state index contributed by atoms with van der Waals surface area (Å²) >= 11 is 0. The smallest absolute Gasteiger partial charge is 0.0691 e. The van der Waals surface area contributed by atoms with Gasteiger partial charge >= 0.3 is 0 Å². The summed E-state index contributed by atoms with van der Waals surface area (Å²) < 4.78 is 0. The molecule has 2 heteroatoms. The maximum atomic E-state index is 6.23. The van der Waals surface area contributed by atoms with Crippen LogP contribution in [0.4, 0.5) is 0 Å². The van der Waals surface area contributed by atoms with Crippen LogP contribution in [0.3, 0.4) is 0 Å². The van der Waals surface area contributed by atoms with E-state index in [9.17, 15) is 0 Å². The first-order valence-electron chi connectivity index (χ1n) is 6.07. The molecular formula is C12H28N2. The van der Waals surface area contributed by atoms with Gasteiger partial charge in [-0.25, -0.2) is 0 Å². The van der Waals surface area contributed by atoms with E-state index in [4.69, 9.17) is 11.5 Å². The van der Waals surface area contributed by atoms with Crippen LogP contribution in [-0.2, 0) is 0 Å². The van der Waals surface area contributed by atoms with E-state index >= 15 is 0 Å². The number of hydrogen-bond acceptors (Lipinski definition) is 2. The minimum Gasteiger partial charge on any atom is -0.313 e. The van der Waals surface area contributed by atoms with E-state index in [1.54, 1.807) is 0 Å². The van der Waals surface area contributed by atoms with E-state index in [0.29, 0.717) is 0 Å². The Kier molecular flexibility index (Phi) is 5.68. The molecule has 0 aromatic heterocycles. The summed E-state index contributed by atoms with van der Waals surface area (Å²) in [6.07, 6.45) is 6.66. The zero-order chi connectivity index (χ0) is 11.2. The Bertz CT molecular complexity index is 148. The van der Waals surface area contributed by atoms with Gasteiger partial charge in [-0.2, -0.15) is 0 Å². The van der Waals surface area contributed by atoms with Crippen molar-refractivity contribution in [2.45, 2.75) is 71.9 Å². The van der Waals surface area contributed by atoms with Gasteiger partial charge in [-0.3, -0.25) is 0 Å². The van der Waals surface area contributed by atoms with Crippen LogP contribution in [0.5, 0.6) is 0 Å². The first-order chi connectivity index (χ1) is 6.49. The van der Waals surface area contributed by atoms with Crippen molar-refractivity contribution >= 4 is 0 Å². The van der Waals surface area contributed by atoms with Crippen molar-refractivity contribution in [1.29, 1.82) is 0 Å². The van der Waals surface area contributed by atoms with E-state index in [-0.39, 0.29) is 5.41 Å². The van der Waals surface area contributed by atoms with Gasteiger partial charge in [0.05, 0.1) is 5.66 Å². The summed E-state index contributed by atoms with van der Waals surface area (Å²) in [5.41, 5.74) is 12.1. The topological polar surface area (TPSA) is 52.0 Å². The van der Waals surface area contributed by atoms with Gasteiger partial charge in [0.1, 0.15) is 0 Å². The molecular weight excluding hydrogens is 172 g/mol. The Hall–Kier alpha value is -0.0800. The lowest BCUT2D eigenvalue weighted by atomic mass is 9.67. The zero-order valence-electron chi connectivity index (χ0n) is 10.4. The van der Waals surface area contributed by atoms with E-state index in [2.05, 4.69) is 27.7 Å². The van der Waals surface area contributed by atoms with E-state index in [0.717, 1.165) is 25.7 Å². The van der Waals surface area contributed by atoms with Crippen molar-refractivity contribution in [3.05, 3.63) is 0 Å². The summed E-state index contributed by atoms with van der Waals surface area (Å²) in [5, 5.41) is 0. The number of hydrogen-bond donors (Lipinski definition) is 2. The second kappa shape index (κ2) is 5.72. The minimum atomic E-state index is -0.494. The highest BCUT2D eigenvalue weighted by atomic mass is 15.0. The third kappa shape index (κ3) is 2.71. The van der Waals surface area contributed by atoms with Crippen LogP contribution >= 0.6 is 0 Å². The molecule has 0 saturated heterocycles. The Morgan fingerprint density at radius 2 is 1.36 bits per heavy atom. The lowest BCUT2D eigenvalue weighted by Crippen LogP contribution is -2.61. The van der Waals surface area contributed by atoms with Gasteiger partial charge in [0.2, 0.25) is 0 Å². The molecule has 2 nitrogen and oxygen atoms in total. The number of nitrogens with two attached hydrogens (primary N) is 2. The average Bonchev–Trinajstić information content (AvgIpc) is 2.20. The molecule has 0 amide bonds. The van der Waals surface area contributed by atoms with Gasteiger partial charge in [-0.1, -0.05) is 40.5 Å². The highest BCUT2D eigenvalue weighted by molar-refractivity contribution is 4.96. The standard InChI is InChI=1S/C12H28N2/c1-5-9-10-11(6-2,7-3)12(13,14)8-4/h5-10,13-14H2,1-4H3. The fourth-order valence-electron chi connectivity index (χ4n) is 2.38. The van der Waals surface area contributed by atoms with Crippen LogP contribution in [-0.4, -0.2) is 5.66 Å². The SMILES string of the molecule is CCCCC(CC)(CC)C(N)(N)CC. The van der Waals surface area contributed by atoms with E-state index in [1.165, 1.54) is 12.8 Å². The minimum absolute atomic E-state index is 0.137. The summed E-state index contributed by atoms with van der Waals surface area (Å²) in [7, 11) is 0. The fraction of sp³-hybridized carbons (Fsp3) is 1.00. The molecule has 0 atom stereocenters. The monoisotopic (exact) mass is 200 g/mol. The van der Waals surface area contributed by atoms with Crippen molar-refractivity contribution < 1.29 is 0 Å². The Labute approximate surface area is 89.4 Å². The summed E-state index contributed by atoms with van der Waals surface area (Å²) in [6, 6.07) is 0. The van der Waals surface area contributed by atoms with Crippen molar-refractivity contribution in [3.8, 4) is 0 Å². The van der Waals surface area contributed by atoms with Crippen molar-refractivity contribution in [2.24, 2.45) is 16.9 Å². The molecule has 0 spiro atoms. The van der Waals surface area contributed by atoms with Crippen molar-refractivity contribution in [1.82, 2.24) is 0 Å². The van der Waals surface area contributed by atoms with E-state index in [1.807, 2.05) is 0 Å². The molecule has 0 heterocycles. The largest absolute Gasteiger partial charge is 0.313 e. The second-order valence-electron chi connectivity index (χ2n) is 4.48. The summed E-state index contributed by atoms with van der Waals surface area (Å²) in [4.78, 5) is 0. The maximum absolute atomic E-state index is 6.23. The maximum Gasteiger partial charge on any atom is 0.0691 e. The van der Waals surface area contributed by atoms with Gasteiger partial charge < -0.3 is 11.5 Å². The molecule has 86 valence electrons. The van der Waals surface area contributed by atoms with Crippen molar-refractivity contribution in [3.63, 3.8) is 0 Å². The molecule has 0 aliphatic heterocycles. The molecule has 0 aromatic carbocycles. The Balaban J connectivity index is 4.67. The van der Waals surface area contributed by atoms with Gasteiger partial charge in [-0.05, 0) is 25.7 Å². The van der Waals surface area contributed by atoms with Crippen LogP contribution in [0.2, 0.25) is 0 Å². The molecule has 0 radical (unpaired) electrons. The molecule has 0 aliphatic carbocycles. The number of rotatable bonds is 7. The fourth-order valence-corrected chi connectivity index (χ4v) is 2.38. The van der Waals surface area contributed by atoms with Gasteiger partial charge in [0.25, 0.3) is 0 Å². The molecule has 0 fully saturated rings. The third-order valence-corrected chi connectivity index (χ3v) is 3.93. The molecule has 14 heavy (non-hydrogen) atoms. The van der Waals surface area contributed by atoms with Crippen LogP contribution in [0.15, 0.2) is 0 Å². The zero-order valence-corrected chi connectivity index (χ0v) is 10.4.